The SMILES string of the molecule is c1cnn2cc3oc4[n+](c3c2c1)Cc1cnccc1-4. The number of aromatic nitrogens is 4. The average molecular weight is 249 g/mol. The van der Waals surface area contributed by atoms with Gasteiger partial charge in [0.05, 0.1) is 17.3 Å². The van der Waals surface area contributed by atoms with E-state index < -0.39 is 0 Å². The first-order chi connectivity index (χ1) is 9.42. The van der Waals surface area contributed by atoms with Gasteiger partial charge in [-0.15, -0.1) is 4.57 Å². The molecule has 0 N–H and O–H groups in total. The van der Waals surface area contributed by atoms with E-state index in [0.717, 1.165) is 34.6 Å². The molecule has 5 heteroatoms. The fourth-order valence-electron chi connectivity index (χ4n) is 2.86. The molecule has 0 saturated carbocycles. The van der Waals surface area contributed by atoms with Crippen LogP contribution in [0, 0.1) is 0 Å². The number of hydrogen-bond acceptors (Lipinski definition) is 3. The summed E-state index contributed by atoms with van der Waals surface area (Å²) in [5.41, 5.74) is 5.36. The Morgan fingerprint density at radius 3 is 3.26 bits per heavy atom. The summed E-state index contributed by atoms with van der Waals surface area (Å²) in [5, 5.41) is 4.30. The lowest BCUT2D eigenvalue weighted by atomic mass is 10.2. The molecule has 5 heterocycles. The lowest BCUT2D eigenvalue weighted by Crippen LogP contribution is -2.30. The summed E-state index contributed by atoms with van der Waals surface area (Å²) in [7, 11) is 0. The smallest absolute Gasteiger partial charge is 0.382 e. The number of nitrogens with zero attached hydrogens (tertiary/aromatic N) is 4. The van der Waals surface area contributed by atoms with E-state index in [-0.39, 0.29) is 0 Å². The molecule has 1 aliphatic rings. The predicted molar refractivity (Wildman–Crippen MR) is 67.5 cm³/mol. The molecule has 5 rings (SSSR count). The van der Waals surface area contributed by atoms with Crippen molar-refractivity contribution in [1.82, 2.24) is 14.6 Å². The van der Waals surface area contributed by atoms with Crippen LogP contribution in [-0.4, -0.2) is 14.6 Å². The van der Waals surface area contributed by atoms with Crippen LogP contribution in [0.2, 0.25) is 0 Å². The quantitative estimate of drug-likeness (QED) is 0.393. The Morgan fingerprint density at radius 2 is 2.26 bits per heavy atom. The van der Waals surface area contributed by atoms with Gasteiger partial charge in [-0.05, 0) is 18.2 Å². The van der Waals surface area contributed by atoms with Crippen molar-refractivity contribution in [3.05, 3.63) is 48.5 Å². The highest BCUT2D eigenvalue weighted by molar-refractivity contribution is 5.88. The maximum Gasteiger partial charge on any atom is 0.382 e. The second-order valence-corrected chi connectivity index (χ2v) is 4.72. The van der Waals surface area contributed by atoms with Crippen LogP contribution in [0.3, 0.4) is 0 Å². The van der Waals surface area contributed by atoms with Crippen molar-refractivity contribution in [1.29, 1.82) is 0 Å². The van der Waals surface area contributed by atoms with E-state index in [4.69, 9.17) is 4.42 Å². The topological polar surface area (TPSA) is 47.2 Å². The fourth-order valence-corrected chi connectivity index (χ4v) is 2.86. The van der Waals surface area contributed by atoms with Crippen molar-refractivity contribution in [3.63, 3.8) is 0 Å². The molecule has 0 amide bonds. The molecule has 0 aliphatic carbocycles. The average Bonchev–Trinajstić information content (AvgIpc) is 3.05. The summed E-state index contributed by atoms with van der Waals surface area (Å²) in [6.45, 7) is 0.806. The van der Waals surface area contributed by atoms with Gasteiger partial charge in [0.25, 0.3) is 5.52 Å². The first-order valence-electron chi connectivity index (χ1n) is 6.14. The van der Waals surface area contributed by atoms with Gasteiger partial charge >= 0.3 is 5.89 Å². The summed E-state index contributed by atoms with van der Waals surface area (Å²) in [6, 6.07) is 6.00. The second kappa shape index (κ2) is 3.00. The Hall–Kier alpha value is -2.69. The molecule has 0 radical (unpaired) electrons. The van der Waals surface area contributed by atoms with Gasteiger partial charge in [0.1, 0.15) is 5.52 Å². The Labute approximate surface area is 107 Å². The highest BCUT2D eigenvalue weighted by Crippen LogP contribution is 2.32. The molecule has 0 aromatic carbocycles. The molecule has 0 unspecified atom stereocenters. The van der Waals surface area contributed by atoms with Crippen LogP contribution >= 0.6 is 0 Å². The Bertz CT molecular complexity index is 951. The largest absolute Gasteiger partial charge is 0.396 e. The molecular weight excluding hydrogens is 240 g/mol. The number of rotatable bonds is 0. The number of pyridine rings is 1. The van der Waals surface area contributed by atoms with Crippen LogP contribution in [0.25, 0.3) is 28.1 Å². The van der Waals surface area contributed by atoms with Crippen LogP contribution in [0.15, 0.2) is 47.4 Å². The molecule has 1 aliphatic heterocycles. The van der Waals surface area contributed by atoms with Gasteiger partial charge in [-0.25, -0.2) is 4.52 Å². The van der Waals surface area contributed by atoms with Crippen molar-refractivity contribution in [2.24, 2.45) is 0 Å². The van der Waals surface area contributed by atoms with Gasteiger partial charge in [-0.2, -0.15) is 5.10 Å². The van der Waals surface area contributed by atoms with Gasteiger partial charge in [-0.1, -0.05) is 0 Å². The molecule has 0 saturated heterocycles. The van der Waals surface area contributed by atoms with Crippen molar-refractivity contribution in [3.8, 4) is 11.5 Å². The standard InChI is InChI=1S/C14H9N4O/c1-2-11-13-12(8-18(11)16-4-1)19-14-10-3-5-15-6-9(10)7-17(13)14/h1-6,8H,7H2/q+1. The third-order valence-electron chi connectivity index (χ3n) is 3.68. The molecular formula is C14H9N4O+. The van der Waals surface area contributed by atoms with Gasteiger partial charge in [0.2, 0.25) is 5.58 Å². The Balaban J connectivity index is 1.94. The van der Waals surface area contributed by atoms with E-state index >= 15 is 0 Å². The zero-order chi connectivity index (χ0) is 12.4. The van der Waals surface area contributed by atoms with E-state index in [1.54, 1.807) is 12.4 Å². The Kier molecular flexibility index (Phi) is 1.46. The molecule has 5 nitrogen and oxygen atoms in total. The zero-order valence-corrected chi connectivity index (χ0v) is 9.95. The van der Waals surface area contributed by atoms with Gasteiger partial charge in [0.15, 0.2) is 6.54 Å². The van der Waals surface area contributed by atoms with E-state index in [9.17, 15) is 0 Å². The molecule has 19 heavy (non-hydrogen) atoms. The normalized spacial score (nSPS) is 13.1. The highest BCUT2D eigenvalue weighted by atomic mass is 16.4. The summed E-state index contributed by atoms with van der Waals surface area (Å²) in [4.78, 5) is 4.18. The zero-order valence-electron chi connectivity index (χ0n) is 9.95. The van der Waals surface area contributed by atoms with E-state index in [0.29, 0.717) is 0 Å². The van der Waals surface area contributed by atoms with Crippen LogP contribution in [0.1, 0.15) is 5.56 Å². The summed E-state index contributed by atoms with van der Waals surface area (Å²) in [6.07, 6.45) is 7.41. The molecule has 90 valence electrons. The number of oxazole rings is 1. The number of hydrogen-bond donors (Lipinski definition) is 0. The van der Waals surface area contributed by atoms with E-state index in [2.05, 4.69) is 20.7 Å². The van der Waals surface area contributed by atoms with Crippen LogP contribution < -0.4 is 4.57 Å². The minimum Gasteiger partial charge on any atom is -0.396 e. The van der Waals surface area contributed by atoms with Crippen LogP contribution in [0.4, 0.5) is 0 Å². The monoisotopic (exact) mass is 249 g/mol. The molecule has 4 aromatic heterocycles. The Morgan fingerprint density at radius 1 is 1.26 bits per heavy atom. The van der Waals surface area contributed by atoms with Crippen molar-refractivity contribution < 1.29 is 8.98 Å². The van der Waals surface area contributed by atoms with Crippen molar-refractivity contribution in [2.75, 3.05) is 0 Å². The third kappa shape index (κ3) is 1.03. The van der Waals surface area contributed by atoms with Gasteiger partial charge in [-0.3, -0.25) is 4.98 Å². The van der Waals surface area contributed by atoms with Gasteiger partial charge < -0.3 is 4.42 Å². The van der Waals surface area contributed by atoms with Crippen LogP contribution in [0.5, 0.6) is 0 Å². The van der Waals surface area contributed by atoms with Gasteiger partial charge in [0, 0.05) is 18.6 Å². The number of fused-ring (bicyclic) bond motifs is 7. The summed E-state index contributed by atoms with van der Waals surface area (Å²) >= 11 is 0. The fraction of sp³-hybridized carbons (Fsp3) is 0.0714. The second-order valence-electron chi connectivity index (χ2n) is 4.72. The third-order valence-corrected chi connectivity index (χ3v) is 3.68. The molecule has 0 fully saturated rings. The minimum absolute atomic E-state index is 0.806. The minimum atomic E-state index is 0.806. The maximum absolute atomic E-state index is 6.00. The molecule has 4 aromatic rings. The first-order valence-corrected chi connectivity index (χ1v) is 6.14. The predicted octanol–water partition coefficient (Wildman–Crippen LogP) is 1.79. The van der Waals surface area contributed by atoms with Crippen molar-refractivity contribution >= 4 is 16.6 Å². The highest BCUT2D eigenvalue weighted by Gasteiger charge is 2.35. The first kappa shape index (κ1) is 9.27. The van der Waals surface area contributed by atoms with Crippen LogP contribution in [-0.2, 0) is 6.54 Å². The molecule has 0 atom stereocenters. The van der Waals surface area contributed by atoms with E-state index in [1.807, 2.05) is 29.0 Å². The summed E-state index contributed by atoms with van der Waals surface area (Å²) in [5.74, 6) is 0.911. The lowest BCUT2D eigenvalue weighted by molar-refractivity contribution is -0.648. The van der Waals surface area contributed by atoms with E-state index in [1.165, 1.54) is 5.56 Å². The summed E-state index contributed by atoms with van der Waals surface area (Å²) < 4.78 is 10.0. The molecule has 0 spiro atoms. The van der Waals surface area contributed by atoms with Crippen molar-refractivity contribution in [2.45, 2.75) is 6.54 Å². The maximum atomic E-state index is 6.00. The lowest BCUT2D eigenvalue weighted by Gasteiger charge is -1.89. The molecule has 0 bridgehead atoms.